The molecule has 0 aliphatic carbocycles. The van der Waals surface area contributed by atoms with Crippen LogP contribution in [0.15, 0.2) is 6.33 Å². The van der Waals surface area contributed by atoms with E-state index >= 15 is 0 Å². The Hall–Kier alpha value is -1.16. The van der Waals surface area contributed by atoms with E-state index in [-0.39, 0.29) is 0 Å². The van der Waals surface area contributed by atoms with E-state index in [0.717, 1.165) is 24.3 Å². The van der Waals surface area contributed by atoms with E-state index in [2.05, 4.69) is 26.4 Å². The van der Waals surface area contributed by atoms with Crippen LogP contribution < -0.4 is 0 Å². The van der Waals surface area contributed by atoms with Crippen LogP contribution in [0.5, 0.6) is 0 Å². The molecular weight excluding hydrogens is 200 g/mol. The number of aryl methyl sites for hydroxylation is 2. The molecule has 2 aromatic heterocycles. The lowest BCUT2D eigenvalue weighted by molar-refractivity contribution is 0.675. The molecule has 0 spiro atoms. The molecule has 0 amide bonds. The Morgan fingerprint density at radius 3 is 2.93 bits per heavy atom. The fourth-order valence-electron chi connectivity index (χ4n) is 1.54. The topological polar surface area (TPSA) is 43.6 Å². The number of nitrogens with zero attached hydrogens (tertiary/aromatic N) is 4. The second kappa shape index (κ2) is 3.53. The first-order valence-corrected chi connectivity index (χ1v) is 4.95. The van der Waals surface area contributed by atoms with Gasteiger partial charge in [0.25, 0.3) is 0 Å². The Labute approximate surface area is 87.0 Å². The Kier molecular flexibility index (Phi) is 2.37. The molecule has 2 heterocycles. The normalized spacial score (nSPS) is 11.1. The van der Waals surface area contributed by atoms with Crippen molar-refractivity contribution in [2.75, 3.05) is 0 Å². The van der Waals surface area contributed by atoms with Crippen molar-refractivity contribution in [3.05, 3.63) is 17.3 Å². The number of halogens is 1. The predicted octanol–water partition coefficient (Wildman–Crippen LogP) is 2.20. The Balaban J connectivity index is 2.73. The molecule has 2 aromatic rings. The molecule has 0 bridgehead atoms. The van der Waals surface area contributed by atoms with Crippen molar-refractivity contribution >= 4 is 22.8 Å². The van der Waals surface area contributed by atoms with Gasteiger partial charge in [-0.25, -0.2) is 15.0 Å². The van der Waals surface area contributed by atoms with Crippen LogP contribution in [-0.2, 0) is 6.54 Å². The maximum atomic E-state index is 6.00. The minimum atomic E-state index is 0.476. The van der Waals surface area contributed by atoms with Gasteiger partial charge < -0.3 is 4.57 Å². The van der Waals surface area contributed by atoms with Gasteiger partial charge in [0.1, 0.15) is 17.7 Å². The van der Waals surface area contributed by atoms with Crippen LogP contribution in [0.4, 0.5) is 0 Å². The van der Waals surface area contributed by atoms with Gasteiger partial charge in [-0.3, -0.25) is 0 Å². The van der Waals surface area contributed by atoms with Gasteiger partial charge in [-0.05, 0) is 13.3 Å². The number of rotatable bonds is 2. The quantitative estimate of drug-likeness (QED) is 0.714. The van der Waals surface area contributed by atoms with Gasteiger partial charge in [0.15, 0.2) is 10.8 Å². The van der Waals surface area contributed by atoms with Gasteiger partial charge in [-0.1, -0.05) is 18.5 Å². The van der Waals surface area contributed by atoms with Gasteiger partial charge in [0.2, 0.25) is 0 Å². The third-order valence-corrected chi connectivity index (χ3v) is 2.41. The second-order valence-electron chi connectivity index (χ2n) is 3.15. The lowest BCUT2D eigenvalue weighted by Crippen LogP contribution is -1.99. The van der Waals surface area contributed by atoms with Crippen LogP contribution in [0.3, 0.4) is 0 Å². The Morgan fingerprint density at radius 1 is 1.43 bits per heavy atom. The zero-order valence-electron chi connectivity index (χ0n) is 8.16. The highest BCUT2D eigenvalue weighted by Gasteiger charge is 2.11. The Morgan fingerprint density at radius 2 is 2.21 bits per heavy atom. The summed E-state index contributed by atoms with van der Waals surface area (Å²) in [6.07, 6.45) is 2.48. The fourth-order valence-corrected chi connectivity index (χ4v) is 1.77. The molecule has 0 aliphatic rings. The smallest absolute Gasteiger partial charge is 0.182 e. The van der Waals surface area contributed by atoms with Crippen molar-refractivity contribution in [2.24, 2.45) is 0 Å². The van der Waals surface area contributed by atoms with Crippen LogP contribution in [0.2, 0.25) is 5.15 Å². The van der Waals surface area contributed by atoms with E-state index in [1.807, 2.05) is 6.92 Å². The average molecular weight is 211 g/mol. The minimum absolute atomic E-state index is 0.476. The standard InChI is InChI=1S/C9H11ClN4/c1-3-4-14-6(2)13-9-7(14)8(10)11-5-12-9/h5H,3-4H2,1-2H3. The summed E-state index contributed by atoms with van der Waals surface area (Å²) in [7, 11) is 0. The summed E-state index contributed by atoms with van der Waals surface area (Å²) in [6, 6.07) is 0. The summed E-state index contributed by atoms with van der Waals surface area (Å²) in [6.45, 7) is 4.96. The lowest BCUT2D eigenvalue weighted by Gasteiger charge is -2.03. The summed E-state index contributed by atoms with van der Waals surface area (Å²) < 4.78 is 2.05. The molecule has 14 heavy (non-hydrogen) atoms. The zero-order chi connectivity index (χ0) is 10.1. The molecule has 0 fully saturated rings. The van der Waals surface area contributed by atoms with Crippen LogP contribution >= 0.6 is 11.6 Å². The third kappa shape index (κ3) is 1.35. The second-order valence-corrected chi connectivity index (χ2v) is 3.51. The molecule has 0 aromatic carbocycles. The summed E-state index contributed by atoms with van der Waals surface area (Å²) >= 11 is 6.00. The van der Waals surface area contributed by atoms with Gasteiger partial charge >= 0.3 is 0 Å². The third-order valence-electron chi connectivity index (χ3n) is 2.13. The molecule has 0 atom stereocenters. The first-order valence-electron chi connectivity index (χ1n) is 4.57. The molecule has 74 valence electrons. The summed E-state index contributed by atoms with van der Waals surface area (Å²) in [5, 5.41) is 0.476. The van der Waals surface area contributed by atoms with Crippen LogP contribution in [0.25, 0.3) is 11.2 Å². The van der Waals surface area contributed by atoms with E-state index in [9.17, 15) is 0 Å². The molecule has 4 nitrogen and oxygen atoms in total. The van der Waals surface area contributed by atoms with Crippen LogP contribution in [-0.4, -0.2) is 19.5 Å². The predicted molar refractivity (Wildman–Crippen MR) is 55.4 cm³/mol. The largest absolute Gasteiger partial charge is 0.324 e. The molecule has 0 unspecified atom stereocenters. The molecule has 0 saturated carbocycles. The number of fused-ring (bicyclic) bond motifs is 1. The van der Waals surface area contributed by atoms with Crippen molar-refractivity contribution in [1.82, 2.24) is 19.5 Å². The SMILES string of the molecule is CCCn1c(C)nc2ncnc(Cl)c21. The zero-order valence-corrected chi connectivity index (χ0v) is 8.91. The lowest BCUT2D eigenvalue weighted by atomic mass is 10.4. The van der Waals surface area contributed by atoms with Gasteiger partial charge in [-0.15, -0.1) is 0 Å². The summed E-state index contributed by atoms with van der Waals surface area (Å²) in [4.78, 5) is 12.4. The highest BCUT2D eigenvalue weighted by atomic mass is 35.5. The highest BCUT2D eigenvalue weighted by molar-refractivity contribution is 6.33. The molecule has 0 saturated heterocycles. The summed E-state index contributed by atoms with van der Waals surface area (Å²) in [5.41, 5.74) is 1.52. The highest BCUT2D eigenvalue weighted by Crippen LogP contribution is 2.20. The number of hydrogen-bond donors (Lipinski definition) is 0. The van der Waals surface area contributed by atoms with Crippen molar-refractivity contribution in [1.29, 1.82) is 0 Å². The molecule has 2 rings (SSSR count). The van der Waals surface area contributed by atoms with E-state index in [1.165, 1.54) is 6.33 Å². The Bertz CT molecular complexity index is 463. The fraction of sp³-hybridized carbons (Fsp3) is 0.444. The maximum Gasteiger partial charge on any atom is 0.182 e. The van der Waals surface area contributed by atoms with Gasteiger partial charge in [0, 0.05) is 6.54 Å². The van der Waals surface area contributed by atoms with Crippen molar-refractivity contribution in [3.63, 3.8) is 0 Å². The molecule has 0 radical (unpaired) electrons. The monoisotopic (exact) mass is 210 g/mol. The maximum absolute atomic E-state index is 6.00. The van der Waals surface area contributed by atoms with Gasteiger partial charge in [-0.2, -0.15) is 0 Å². The van der Waals surface area contributed by atoms with Crippen molar-refractivity contribution < 1.29 is 0 Å². The molecule has 0 aliphatic heterocycles. The van der Waals surface area contributed by atoms with Crippen molar-refractivity contribution in [2.45, 2.75) is 26.8 Å². The number of hydrogen-bond acceptors (Lipinski definition) is 3. The summed E-state index contributed by atoms with van der Waals surface area (Å²) in [5.74, 6) is 0.934. The average Bonchev–Trinajstić information content (AvgIpc) is 2.45. The van der Waals surface area contributed by atoms with E-state index < -0.39 is 0 Å². The van der Waals surface area contributed by atoms with Crippen LogP contribution in [0.1, 0.15) is 19.2 Å². The van der Waals surface area contributed by atoms with Crippen LogP contribution in [0, 0.1) is 6.92 Å². The molecule has 5 heteroatoms. The number of aromatic nitrogens is 4. The molecule has 0 N–H and O–H groups in total. The number of imidazole rings is 1. The first kappa shape index (κ1) is 9.40. The first-order chi connectivity index (χ1) is 6.74. The van der Waals surface area contributed by atoms with E-state index in [0.29, 0.717) is 10.8 Å². The minimum Gasteiger partial charge on any atom is -0.324 e. The van der Waals surface area contributed by atoms with Crippen molar-refractivity contribution in [3.8, 4) is 0 Å². The van der Waals surface area contributed by atoms with E-state index in [1.54, 1.807) is 0 Å². The van der Waals surface area contributed by atoms with E-state index in [4.69, 9.17) is 11.6 Å². The molecular formula is C9H11ClN4. The van der Waals surface area contributed by atoms with Gasteiger partial charge in [0.05, 0.1) is 0 Å².